The standard InChI is InChI=1S/C36H43N4O8P/c1-4-38-19-10-14-31(23-38)35(41)44-27-47-49(43,46-26-40-25-30(18-21-37(2)3)33-16-8-9-17-34(33)40)48-28-45-36(42)32-15-11-20-39(24-32)22-29-12-6-5-7-13-29/h5-13,16-17,19-20,23-25H,4,14-15,18,21-22,26-28H2,1-3H3. The summed E-state index contributed by atoms with van der Waals surface area (Å²) in [6.07, 6.45) is 14.4. The number of rotatable bonds is 17. The summed E-state index contributed by atoms with van der Waals surface area (Å²) in [4.78, 5) is 31.5. The number of aromatic nitrogens is 1. The number of fused-ring (bicyclic) bond motifs is 1. The number of hydrogen-bond acceptors (Lipinski definition) is 11. The van der Waals surface area contributed by atoms with Crippen molar-refractivity contribution in [1.82, 2.24) is 19.3 Å². The third kappa shape index (κ3) is 10.3. The van der Waals surface area contributed by atoms with Gasteiger partial charge in [-0.15, -0.1) is 0 Å². The van der Waals surface area contributed by atoms with E-state index in [0.29, 0.717) is 37.1 Å². The van der Waals surface area contributed by atoms with Crippen LogP contribution in [-0.2, 0) is 56.9 Å². The predicted molar refractivity (Wildman–Crippen MR) is 185 cm³/mol. The molecule has 3 aromatic rings. The van der Waals surface area contributed by atoms with Gasteiger partial charge in [0.1, 0.15) is 6.73 Å². The van der Waals surface area contributed by atoms with Gasteiger partial charge in [0.15, 0.2) is 0 Å². The van der Waals surface area contributed by atoms with Gasteiger partial charge < -0.3 is 28.7 Å². The molecule has 1 aromatic heterocycles. The number of phosphoric acid groups is 1. The lowest BCUT2D eigenvalue weighted by atomic mass is 10.1. The van der Waals surface area contributed by atoms with E-state index in [2.05, 4.69) is 4.90 Å². The fourth-order valence-corrected chi connectivity index (χ4v) is 6.13. The molecule has 1 atom stereocenters. The summed E-state index contributed by atoms with van der Waals surface area (Å²) in [5.74, 6) is -1.26. The molecule has 0 aliphatic carbocycles. The van der Waals surface area contributed by atoms with Crippen LogP contribution < -0.4 is 0 Å². The highest BCUT2D eigenvalue weighted by molar-refractivity contribution is 7.48. The predicted octanol–water partition coefficient (Wildman–Crippen LogP) is 6.29. The number of hydrogen-bond donors (Lipinski definition) is 0. The van der Waals surface area contributed by atoms with Crippen LogP contribution in [0.2, 0.25) is 0 Å². The van der Waals surface area contributed by atoms with Gasteiger partial charge in [0.2, 0.25) is 13.6 Å². The van der Waals surface area contributed by atoms with Gasteiger partial charge in [0.25, 0.3) is 0 Å². The van der Waals surface area contributed by atoms with Gasteiger partial charge in [0, 0.05) is 62.7 Å². The normalized spacial score (nSPS) is 15.7. The number of allylic oxidation sites excluding steroid dienone is 2. The van der Waals surface area contributed by atoms with Crippen LogP contribution in [0.25, 0.3) is 10.9 Å². The highest BCUT2D eigenvalue weighted by atomic mass is 31.2. The Hall–Kier alpha value is -4.45. The van der Waals surface area contributed by atoms with Crippen molar-refractivity contribution in [1.29, 1.82) is 0 Å². The van der Waals surface area contributed by atoms with E-state index in [1.54, 1.807) is 17.0 Å². The number of benzene rings is 2. The molecule has 0 saturated heterocycles. The molecule has 0 fully saturated rings. The van der Waals surface area contributed by atoms with Crippen LogP contribution in [0.15, 0.2) is 109 Å². The van der Waals surface area contributed by atoms with Gasteiger partial charge in [0.05, 0.1) is 16.7 Å². The molecule has 0 radical (unpaired) electrons. The van der Waals surface area contributed by atoms with Crippen LogP contribution in [-0.4, -0.2) is 72.0 Å². The summed E-state index contributed by atoms with van der Waals surface area (Å²) in [6, 6.07) is 17.7. The molecule has 0 spiro atoms. The molecule has 12 nitrogen and oxygen atoms in total. The summed E-state index contributed by atoms with van der Waals surface area (Å²) in [7, 11) is -0.404. The molecule has 49 heavy (non-hydrogen) atoms. The molecule has 260 valence electrons. The zero-order chi connectivity index (χ0) is 34.6. The van der Waals surface area contributed by atoms with Crippen molar-refractivity contribution in [2.45, 2.75) is 39.5 Å². The van der Waals surface area contributed by atoms with Crippen LogP contribution in [0.5, 0.6) is 0 Å². The second-order valence-electron chi connectivity index (χ2n) is 11.7. The van der Waals surface area contributed by atoms with Crippen molar-refractivity contribution < 1.29 is 37.2 Å². The molecule has 0 N–H and O–H groups in total. The number of carbonyl (C=O) groups is 2. The first-order chi connectivity index (χ1) is 23.7. The molecular weight excluding hydrogens is 647 g/mol. The van der Waals surface area contributed by atoms with Crippen LogP contribution in [0, 0.1) is 0 Å². The molecule has 2 aliphatic rings. The van der Waals surface area contributed by atoms with E-state index in [1.807, 2.05) is 116 Å². The average molecular weight is 691 g/mol. The molecular formula is C36H43N4O8P. The molecule has 0 saturated carbocycles. The molecule has 0 bridgehead atoms. The van der Waals surface area contributed by atoms with Gasteiger partial charge in [-0.25, -0.2) is 23.2 Å². The van der Waals surface area contributed by atoms with E-state index in [4.69, 9.17) is 23.0 Å². The van der Waals surface area contributed by atoms with Crippen LogP contribution in [0.1, 0.15) is 30.9 Å². The lowest BCUT2D eigenvalue weighted by Gasteiger charge is -2.22. The molecule has 13 heteroatoms. The van der Waals surface area contributed by atoms with Crippen molar-refractivity contribution in [3.63, 3.8) is 0 Å². The number of ether oxygens (including phenoxy) is 2. The quantitative estimate of drug-likeness (QED) is 0.0906. The van der Waals surface area contributed by atoms with Crippen LogP contribution in [0.4, 0.5) is 0 Å². The number of esters is 2. The number of para-hydroxylation sites is 1. The SMILES string of the molecule is CCN1C=CCC(C(=O)OCOP(=O)(OCOC(=O)C2=CN(Cc3ccccc3)C=CC2)OCn2cc(CCN(C)C)c3ccccc32)=C1. The summed E-state index contributed by atoms with van der Waals surface area (Å²) in [5.41, 5.74) is 3.86. The van der Waals surface area contributed by atoms with Crippen molar-refractivity contribution in [2.75, 3.05) is 40.8 Å². The minimum Gasteiger partial charge on any atom is -0.434 e. The maximum atomic E-state index is 13.9. The van der Waals surface area contributed by atoms with Crippen molar-refractivity contribution in [2.24, 2.45) is 0 Å². The van der Waals surface area contributed by atoms with Gasteiger partial charge in [-0.1, -0.05) is 60.7 Å². The summed E-state index contributed by atoms with van der Waals surface area (Å²) in [5, 5.41) is 1.04. The minimum atomic E-state index is -4.42. The monoisotopic (exact) mass is 690 g/mol. The number of likely N-dealkylation sites (N-methyl/N-ethyl adjacent to an activating group) is 1. The maximum Gasteiger partial charge on any atom is 0.482 e. The average Bonchev–Trinajstić information content (AvgIpc) is 3.48. The lowest BCUT2D eigenvalue weighted by Crippen LogP contribution is -2.19. The van der Waals surface area contributed by atoms with Gasteiger partial charge >= 0.3 is 19.8 Å². The number of carbonyl (C=O) groups excluding carboxylic acids is 2. The number of phosphoric ester groups is 1. The van der Waals surface area contributed by atoms with Crippen LogP contribution >= 0.6 is 7.82 Å². The Morgan fingerprint density at radius 2 is 1.43 bits per heavy atom. The van der Waals surface area contributed by atoms with Crippen molar-refractivity contribution in [3.8, 4) is 0 Å². The zero-order valence-corrected chi connectivity index (χ0v) is 29.0. The Morgan fingerprint density at radius 1 is 0.816 bits per heavy atom. The van der Waals surface area contributed by atoms with Crippen LogP contribution in [0.3, 0.4) is 0 Å². The molecule has 3 heterocycles. The first kappa shape index (κ1) is 35.8. The second-order valence-corrected chi connectivity index (χ2v) is 13.4. The largest absolute Gasteiger partial charge is 0.482 e. The summed E-state index contributed by atoms with van der Waals surface area (Å²) in [6.45, 7) is 2.44. The molecule has 2 aromatic carbocycles. The Kier molecular flexibility index (Phi) is 12.6. The van der Waals surface area contributed by atoms with E-state index in [0.717, 1.165) is 35.0 Å². The molecule has 5 rings (SSSR count). The number of nitrogens with zero attached hydrogens (tertiary/aromatic N) is 4. The van der Waals surface area contributed by atoms with Gasteiger partial charge in [-0.3, -0.25) is 4.52 Å². The Labute approximate surface area is 287 Å². The Balaban J connectivity index is 1.24. The third-order valence-corrected chi connectivity index (χ3v) is 9.14. The molecule has 1 unspecified atom stereocenters. The van der Waals surface area contributed by atoms with Gasteiger partial charge in [-0.05, 0) is 50.8 Å². The molecule has 2 aliphatic heterocycles. The third-order valence-electron chi connectivity index (χ3n) is 7.87. The van der Waals surface area contributed by atoms with Crippen molar-refractivity contribution in [3.05, 3.63) is 120 Å². The minimum absolute atomic E-state index is 0.201. The summed E-state index contributed by atoms with van der Waals surface area (Å²) >= 11 is 0. The topological polar surface area (TPSA) is 112 Å². The first-order valence-corrected chi connectivity index (χ1v) is 17.6. The highest BCUT2D eigenvalue weighted by Gasteiger charge is 2.30. The fraction of sp³-hybridized carbons (Fsp3) is 0.333. The van der Waals surface area contributed by atoms with E-state index in [1.165, 1.54) is 0 Å². The van der Waals surface area contributed by atoms with Gasteiger partial charge in [-0.2, -0.15) is 0 Å². The Morgan fingerprint density at radius 3 is 2.08 bits per heavy atom. The van der Waals surface area contributed by atoms with E-state index in [9.17, 15) is 14.2 Å². The fourth-order valence-electron chi connectivity index (χ4n) is 5.28. The van der Waals surface area contributed by atoms with E-state index < -0.39 is 33.3 Å². The Bertz CT molecular complexity index is 1760. The lowest BCUT2D eigenvalue weighted by molar-refractivity contribution is -0.149. The second kappa shape index (κ2) is 17.3. The first-order valence-electron chi connectivity index (χ1n) is 16.1. The van der Waals surface area contributed by atoms with E-state index >= 15 is 0 Å². The molecule has 0 amide bonds. The smallest absolute Gasteiger partial charge is 0.434 e. The highest BCUT2D eigenvalue weighted by Crippen LogP contribution is 2.50. The summed E-state index contributed by atoms with van der Waals surface area (Å²) < 4.78 is 42.9. The maximum absolute atomic E-state index is 13.9. The zero-order valence-electron chi connectivity index (χ0n) is 28.1. The van der Waals surface area contributed by atoms with E-state index in [-0.39, 0.29) is 6.73 Å². The van der Waals surface area contributed by atoms with Crippen molar-refractivity contribution >= 4 is 30.7 Å².